The second kappa shape index (κ2) is 34.2. The normalized spacial score (nSPS) is 11.7. The summed E-state index contributed by atoms with van der Waals surface area (Å²) in [5.41, 5.74) is 18.0. The maximum atomic E-state index is 6.11. The van der Waals surface area contributed by atoms with Crippen molar-refractivity contribution in [2.45, 2.75) is 0 Å². The topological polar surface area (TPSA) is 116 Å². The Morgan fingerprint density at radius 3 is 0.929 bits per heavy atom. The van der Waals surface area contributed by atoms with Gasteiger partial charge in [0.25, 0.3) is 0 Å². The van der Waals surface area contributed by atoms with Crippen molar-refractivity contribution < 1.29 is 4.42 Å². The van der Waals surface area contributed by atoms with Gasteiger partial charge in [-0.3, -0.25) is 0 Å². The monoisotopic (exact) mass is 1840 g/mol. The maximum absolute atomic E-state index is 6.11. The van der Waals surface area contributed by atoms with Crippen LogP contribution in [0.5, 0.6) is 0 Å². The first kappa shape index (κ1) is 81.7. The zero-order valence-electron chi connectivity index (χ0n) is 75.1. The van der Waals surface area contributed by atoms with Crippen molar-refractivity contribution in [2.75, 3.05) is 0 Å². The number of furan rings is 1. The lowest BCUT2D eigenvalue weighted by molar-refractivity contribution is 0.669. The molecule has 8 heterocycles. The van der Waals surface area contributed by atoms with Crippen LogP contribution in [0.3, 0.4) is 0 Å². The zero-order valence-corrected chi connectivity index (χ0v) is 77.5. The van der Waals surface area contributed by atoms with E-state index in [0.717, 1.165) is 167 Å². The van der Waals surface area contributed by atoms with Crippen LogP contribution in [0.1, 0.15) is 0 Å². The third-order valence-corrected chi connectivity index (χ3v) is 30.4. The molecule has 0 bridgehead atoms. The van der Waals surface area contributed by atoms with Crippen molar-refractivity contribution in [3.05, 3.63) is 461 Å². The van der Waals surface area contributed by atoms with E-state index in [9.17, 15) is 0 Å². The van der Waals surface area contributed by atoms with Crippen LogP contribution in [-0.2, 0) is 0 Å². The fourth-order valence-corrected chi connectivity index (χ4v) is 23.5. The third kappa shape index (κ3) is 14.8. The summed E-state index contributed by atoms with van der Waals surface area (Å²) in [5, 5.41) is 28.8. The van der Waals surface area contributed by atoms with Crippen molar-refractivity contribution in [2.24, 2.45) is 0 Å². The molecule has 0 saturated carbocycles. The molecule has 0 atom stereocenters. The van der Waals surface area contributed by atoms with Crippen LogP contribution in [0.25, 0.3) is 281 Å². The quantitative estimate of drug-likeness (QED) is 0.137. The number of benzene rings is 22. The van der Waals surface area contributed by atoms with Crippen LogP contribution >= 0.6 is 34.0 Å². The molecule has 0 saturated heterocycles. The van der Waals surface area contributed by atoms with Gasteiger partial charge < -0.3 is 4.42 Å². The number of thiophene rings is 3. The van der Waals surface area contributed by atoms with E-state index in [4.69, 9.17) is 44.3 Å². The van der Waals surface area contributed by atoms with E-state index in [1.807, 2.05) is 119 Å². The summed E-state index contributed by atoms with van der Waals surface area (Å²) in [6.07, 6.45) is 0. The number of rotatable bonds is 8. The Balaban J connectivity index is 0.0000000939. The van der Waals surface area contributed by atoms with Crippen molar-refractivity contribution in [1.82, 2.24) is 39.9 Å². The molecule has 0 radical (unpaired) electrons. The van der Waals surface area contributed by atoms with Crippen LogP contribution < -0.4 is 0 Å². The molecule has 0 aliphatic carbocycles. The number of aromatic nitrogens is 8. The molecule has 0 aliphatic rings. The standard InChI is InChI=1S/2C34H20N2S.C30H18N2O.C30H18N2S/c1-2-9-22(10-3-1)33-32-26-11-5-4-8-21(26)16-17-29(32)35-34(36-33)24-15-14-23-19-28-27-12-6-7-13-30(27)37-31(28)20-25(23)18-24;1-2-9-22(10-3-1)32-28-17-16-21-8-4-5-11-26(21)33(28)36-34(35-32)24-15-14-23-19-29-27-12-6-7-13-30(27)37-31(29)20-25(23)18-24;2*1-2-8-19(9-3-1)29-24-11-4-6-12-26(24)31-30(32-29)21-15-14-20-17-25-23-10-5-7-13-27(23)33-28(25)18-22(20)16-21/h2*1-20H;2*1-18H. The Hall–Kier alpha value is -17.8. The van der Waals surface area contributed by atoms with Crippen LogP contribution in [0.4, 0.5) is 0 Å². The molecule has 140 heavy (non-hydrogen) atoms. The molecule has 30 aromatic rings. The summed E-state index contributed by atoms with van der Waals surface area (Å²) in [6, 6.07) is 162. The highest BCUT2D eigenvalue weighted by atomic mass is 32.1. The fourth-order valence-electron chi connectivity index (χ4n) is 20.1. The van der Waals surface area contributed by atoms with Crippen molar-refractivity contribution >= 4 is 225 Å². The number of nitrogens with zero attached hydrogens (tertiary/aromatic N) is 8. The Kier molecular flexibility index (Phi) is 20.0. The molecule has 9 nitrogen and oxygen atoms in total. The van der Waals surface area contributed by atoms with E-state index < -0.39 is 0 Å². The lowest BCUT2D eigenvalue weighted by Gasteiger charge is -2.12. The summed E-state index contributed by atoms with van der Waals surface area (Å²) in [5.74, 6) is 2.98. The van der Waals surface area contributed by atoms with Crippen molar-refractivity contribution in [3.8, 4) is 90.6 Å². The highest BCUT2D eigenvalue weighted by Crippen LogP contribution is 2.45. The van der Waals surface area contributed by atoms with E-state index in [-0.39, 0.29) is 0 Å². The molecule has 12 heteroatoms. The number of para-hydroxylation sites is 3. The zero-order chi connectivity index (χ0) is 92.2. The smallest absolute Gasteiger partial charge is 0.160 e. The molecule has 22 aromatic carbocycles. The van der Waals surface area contributed by atoms with Gasteiger partial charge >= 0.3 is 0 Å². The SMILES string of the molecule is c1ccc(-c2nc(-c3ccc4cc5c(cc4c3)oc3ccccc35)nc3ccccc23)cc1.c1ccc(-c2nc(-c3ccc4cc5c(cc4c3)sc3ccccc35)nc3c2ccc2ccccc23)cc1.c1ccc(-c2nc(-c3ccc4cc5c(cc4c3)sc3ccccc35)nc3ccc4ccccc4c23)cc1.c1ccc(-c2nc(-c3ccc4cc5c(cc4c3)sc3ccccc35)nc3ccccc23)cc1. The summed E-state index contributed by atoms with van der Waals surface area (Å²) >= 11 is 5.55. The largest absolute Gasteiger partial charge is 0.456 e. The highest BCUT2D eigenvalue weighted by Gasteiger charge is 2.22. The van der Waals surface area contributed by atoms with Gasteiger partial charge in [0.05, 0.1) is 44.8 Å². The van der Waals surface area contributed by atoms with E-state index in [1.165, 1.54) is 114 Å². The van der Waals surface area contributed by atoms with Gasteiger partial charge in [-0.1, -0.05) is 340 Å². The minimum atomic E-state index is 0.721. The molecule has 30 rings (SSSR count). The molecular formula is C128H76N8OS3. The van der Waals surface area contributed by atoms with E-state index in [0.29, 0.717) is 0 Å². The van der Waals surface area contributed by atoms with Gasteiger partial charge in [0.15, 0.2) is 23.3 Å². The van der Waals surface area contributed by atoms with Crippen LogP contribution in [0.15, 0.2) is 465 Å². The minimum Gasteiger partial charge on any atom is -0.456 e. The Morgan fingerprint density at radius 1 is 0.150 bits per heavy atom. The Labute approximate surface area is 814 Å². The molecule has 0 amide bonds. The van der Waals surface area contributed by atoms with Gasteiger partial charge in [-0.05, 0) is 181 Å². The van der Waals surface area contributed by atoms with Gasteiger partial charge in [-0.2, -0.15) is 0 Å². The molecule has 0 N–H and O–H groups in total. The molecule has 8 aromatic heterocycles. The third-order valence-electron chi connectivity index (χ3n) is 27.0. The second-order valence-corrected chi connectivity index (χ2v) is 38.7. The predicted molar refractivity (Wildman–Crippen MR) is 593 cm³/mol. The molecule has 0 fully saturated rings. The van der Waals surface area contributed by atoms with E-state index >= 15 is 0 Å². The summed E-state index contributed by atoms with van der Waals surface area (Å²) < 4.78 is 14.0. The average Bonchev–Trinajstić information content (AvgIpc) is 1.50. The first-order valence-electron chi connectivity index (χ1n) is 46.9. The van der Waals surface area contributed by atoms with Gasteiger partial charge in [-0.25, -0.2) is 39.9 Å². The highest BCUT2D eigenvalue weighted by molar-refractivity contribution is 7.26. The predicted octanol–water partition coefficient (Wildman–Crippen LogP) is 35.8. The summed E-state index contributed by atoms with van der Waals surface area (Å²) in [6.45, 7) is 0. The van der Waals surface area contributed by atoms with Crippen molar-refractivity contribution in [3.63, 3.8) is 0 Å². The minimum absolute atomic E-state index is 0.721. The summed E-state index contributed by atoms with van der Waals surface area (Å²) in [4.78, 5) is 40.4. The van der Waals surface area contributed by atoms with Crippen LogP contribution in [0.2, 0.25) is 0 Å². The first-order chi connectivity index (χ1) is 69.3. The maximum Gasteiger partial charge on any atom is 0.160 e. The lowest BCUT2D eigenvalue weighted by Crippen LogP contribution is -1.96. The molecule has 0 unspecified atom stereocenters. The van der Waals surface area contributed by atoms with Crippen molar-refractivity contribution in [1.29, 1.82) is 0 Å². The molecular weight excluding hydrogens is 1760 g/mol. The van der Waals surface area contributed by atoms with Gasteiger partial charge in [-0.15, -0.1) is 34.0 Å². The van der Waals surface area contributed by atoms with E-state index in [1.54, 1.807) is 0 Å². The van der Waals surface area contributed by atoms with E-state index in [2.05, 4.69) is 376 Å². The first-order valence-corrected chi connectivity index (χ1v) is 49.3. The lowest BCUT2D eigenvalue weighted by atomic mass is 9.99. The number of fused-ring (bicyclic) bond motifs is 24. The molecule has 0 aliphatic heterocycles. The second-order valence-electron chi connectivity index (χ2n) is 35.5. The van der Waals surface area contributed by atoms with Gasteiger partial charge in [0.2, 0.25) is 0 Å². The number of hydrogen-bond acceptors (Lipinski definition) is 12. The molecule has 652 valence electrons. The fraction of sp³-hybridized carbons (Fsp3) is 0. The van der Waals surface area contributed by atoms with Gasteiger partial charge in [0.1, 0.15) is 11.2 Å². The average molecular weight is 1840 g/mol. The Morgan fingerprint density at radius 2 is 0.471 bits per heavy atom. The van der Waals surface area contributed by atoms with Crippen LogP contribution in [0, 0.1) is 0 Å². The van der Waals surface area contributed by atoms with Gasteiger partial charge in [0, 0.05) is 143 Å². The van der Waals surface area contributed by atoms with Crippen LogP contribution in [-0.4, -0.2) is 39.9 Å². The summed E-state index contributed by atoms with van der Waals surface area (Å²) in [7, 11) is 0. The number of hydrogen-bond donors (Lipinski definition) is 0. The Bertz CT molecular complexity index is 9980. The molecule has 0 spiro atoms.